The summed E-state index contributed by atoms with van der Waals surface area (Å²) >= 11 is 0. The van der Waals surface area contributed by atoms with E-state index in [2.05, 4.69) is 25.3 Å². The molecule has 1 saturated heterocycles. The first-order valence-electron chi connectivity index (χ1n) is 11.8. The van der Waals surface area contributed by atoms with E-state index in [4.69, 9.17) is 5.26 Å². The number of hydrogen-bond acceptors (Lipinski definition) is 8. The third kappa shape index (κ3) is 6.16. The van der Waals surface area contributed by atoms with Gasteiger partial charge in [0.25, 0.3) is 0 Å². The van der Waals surface area contributed by atoms with Crippen LogP contribution in [-0.4, -0.2) is 56.8 Å². The van der Waals surface area contributed by atoms with Crippen LogP contribution >= 0.6 is 0 Å². The van der Waals surface area contributed by atoms with Crippen LogP contribution in [0.3, 0.4) is 0 Å². The molecule has 42 heavy (non-hydrogen) atoms. The van der Waals surface area contributed by atoms with E-state index in [9.17, 15) is 43.9 Å². The molecule has 3 aromatic heterocycles. The second-order valence-electron chi connectivity index (χ2n) is 9.07. The van der Waals surface area contributed by atoms with Crippen molar-refractivity contribution in [3.8, 4) is 17.3 Å². The molecule has 3 unspecified atom stereocenters. The van der Waals surface area contributed by atoms with E-state index in [1.54, 1.807) is 6.07 Å². The summed E-state index contributed by atoms with van der Waals surface area (Å²) in [5.41, 5.74) is -2.33. The average Bonchev–Trinajstić information content (AvgIpc) is 3.25. The number of sulfonamides is 1. The van der Waals surface area contributed by atoms with Crippen molar-refractivity contribution in [3.05, 3.63) is 65.6 Å². The Morgan fingerprint density at radius 3 is 2.26 bits per heavy atom. The van der Waals surface area contributed by atoms with Gasteiger partial charge in [-0.2, -0.15) is 35.9 Å². The highest BCUT2D eigenvalue weighted by atomic mass is 32.2. The van der Waals surface area contributed by atoms with E-state index in [0.29, 0.717) is 10.5 Å². The Kier molecular flexibility index (Phi) is 8.20. The van der Waals surface area contributed by atoms with Crippen LogP contribution in [0.15, 0.2) is 47.9 Å². The Balaban J connectivity index is 1.61. The fourth-order valence-electron chi connectivity index (χ4n) is 4.25. The third-order valence-corrected chi connectivity index (χ3v) is 8.34. The maximum Gasteiger partial charge on any atom is 0.451 e. The standard InChI is InChI=1S/C24H18F7N7O3S/c1-12-18(25)5-20(38(12)42(40,41)16-3-2-15(6-32)33-10-16)21(39)35-7-13-4-19(34-11-17(13)23(26,27)28)14-8-36-22(37-9-14)24(29,30)31/h2-4,8-12,18,20H,5,7H2,1H3,(H,35,39). The SMILES string of the molecule is CC1C(F)CC(C(=O)NCc2cc(-c3cnc(C(F)(F)F)nc3)ncc2C(F)(F)F)N1S(=O)(=O)c1ccc(C#N)nc1. The minimum Gasteiger partial charge on any atom is -0.351 e. The van der Waals surface area contributed by atoms with Crippen LogP contribution in [0.4, 0.5) is 30.7 Å². The predicted molar refractivity (Wildman–Crippen MR) is 128 cm³/mol. The molecule has 0 radical (unpaired) electrons. The van der Waals surface area contributed by atoms with Crippen LogP contribution in [-0.2, 0) is 33.7 Å². The quantitative estimate of drug-likeness (QED) is 0.414. The largest absolute Gasteiger partial charge is 0.451 e. The Morgan fingerprint density at radius 1 is 1.05 bits per heavy atom. The fourth-order valence-corrected chi connectivity index (χ4v) is 6.01. The highest BCUT2D eigenvalue weighted by Crippen LogP contribution is 2.35. The summed E-state index contributed by atoms with van der Waals surface area (Å²) in [7, 11) is -4.53. The lowest BCUT2D eigenvalue weighted by molar-refractivity contribution is -0.145. The molecule has 0 spiro atoms. The van der Waals surface area contributed by atoms with Gasteiger partial charge in [-0.05, 0) is 30.7 Å². The first kappa shape index (κ1) is 30.7. The topological polar surface area (TPSA) is 142 Å². The highest BCUT2D eigenvalue weighted by Gasteiger charge is 2.49. The summed E-state index contributed by atoms with van der Waals surface area (Å²) in [6.45, 7) is 0.397. The second kappa shape index (κ2) is 11.2. The van der Waals surface area contributed by atoms with E-state index in [0.717, 1.165) is 36.8 Å². The van der Waals surface area contributed by atoms with Crippen molar-refractivity contribution in [2.75, 3.05) is 0 Å². The van der Waals surface area contributed by atoms with E-state index in [1.807, 2.05) is 0 Å². The van der Waals surface area contributed by atoms with Crippen molar-refractivity contribution in [2.24, 2.45) is 0 Å². The van der Waals surface area contributed by atoms with E-state index >= 15 is 0 Å². The van der Waals surface area contributed by atoms with Crippen molar-refractivity contribution in [1.29, 1.82) is 5.26 Å². The molecule has 1 aliphatic heterocycles. The Bertz CT molecular complexity index is 1620. The molecule has 1 aliphatic rings. The maximum absolute atomic E-state index is 14.7. The van der Waals surface area contributed by atoms with E-state index in [-0.39, 0.29) is 17.0 Å². The Labute approximate surface area is 233 Å². The summed E-state index contributed by atoms with van der Waals surface area (Å²) in [6, 6.07) is 1.76. The zero-order valence-corrected chi connectivity index (χ0v) is 22.0. The molecule has 1 amide bonds. The van der Waals surface area contributed by atoms with Gasteiger partial charge < -0.3 is 5.32 Å². The molecule has 0 bridgehead atoms. The number of pyridine rings is 2. The van der Waals surface area contributed by atoms with Crippen LogP contribution < -0.4 is 5.32 Å². The lowest BCUT2D eigenvalue weighted by Crippen LogP contribution is -2.48. The molecule has 18 heteroatoms. The van der Waals surface area contributed by atoms with Crippen LogP contribution in [0.1, 0.15) is 36.0 Å². The van der Waals surface area contributed by atoms with Crippen LogP contribution in [0.2, 0.25) is 0 Å². The average molecular weight is 618 g/mol. The Morgan fingerprint density at radius 2 is 1.71 bits per heavy atom. The lowest BCUT2D eigenvalue weighted by atomic mass is 10.1. The van der Waals surface area contributed by atoms with Gasteiger partial charge in [-0.15, -0.1) is 0 Å². The molecule has 4 heterocycles. The first-order chi connectivity index (χ1) is 19.5. The predicted octanol–water partition coefficient (Wildman–Crippen LogP) is 3.65. The van der Waals surface area contributed by atoms with Gasteiger partial charge >= 0.3 is 12.4 Å². The number of rotatable bonds is 6. The summed E-state index contributed by atoms with van der Waals surface area (Å²) in [6.07, 6.45) is -9.47. The zero-order valence-electron chi connectivity index (χ0n) is 21.1. The second-order valence-corrected chi connectivity index (χ2v) is 10.9. The molecule has 0 aromatic carbocycles. The number of nitriles is 1. The molecule has 1 N–H and O–H groups in total. The van der Waals surface area contributed by atoms with Gasteiger partial charge in [0.15, 0.2) is 0 Å². The van der Waals surface area contributed by atoms with Gasteiger partial charge in [-0.3, -0.25) is 9.78 Å². The van der Waals surface area contributed by atoms with Gasteiger partial charge in [0.2, 0.25) is 21.8 Å². The number of carbonyl (C=O) groups excluding carboxylic acids is 1. The number of carbonyl (C=O) groups is 1. The maximum atomic E-state index is 14.7. The lowest BCUT2D eigenvalue weighted by Gasteiger charge is -2.27. The van der Waals surface area contributed by atoms with Crippen LogP contribution in [0.5, 0.6) is 0 Å². The van der Waals surface area contributed by atoms with Crippen LogP contribution in [0, 0.1) is 11.3 Å². The monoisotopic (exact) mass is 617 g/mol. The number of aromatic nitrogens is 4. The van der Waals surface area contributed by atoms with Crippen molar-refractivity contribution < 1.29 is 43.9 Å². The summed E-state index contributed by atoms with van der Waals surface area (Å²) in [5.74, 6) is -2.57. The zero-order chi connectivity index (χ0) is 31.0. The van der Waals surface area contributed by atoms with Crippen molar-refractivity contribution in [3.63, 3.8) is 0 Å². The molecule has 0 saturated carbocycles. The van der Waals surface area contributed by atoms with E-state index < -0.39 is 81.4 Å². The normalized spacial score (nSPS) is 19.8. The molecule has 3 atom stereocenters. The molecule has 10 nitrogen and oxygen atoms in total. The fraction of sp³-hybridized carbons (Fsp3) is 0.333. The summed E-state index contributed by atoms with van der Waals surface area (Å²) < 4.78 is 121. The molecular formula is C24H18F7N7O3S. The molecular weight excluding hydrogens is 599 g/mol. The van der Waals surface area contributed by atoms with Crippen molar-refractivity contribution in [1.82, 2.24) is 29.6 Å². The summed E-state index contributed by atoms with van der Waals surface area (Å²) in [4.78, 5) is 26.2. The number of nitrogens with zero attached hydrogens (tertiary/aromatic N) is 6. The van der Waals surface area contributed by atoms with Gasteiger partial charge in [0.05, 0.1) is 17.3 Å². The van der Waals surface area contributed by atoms with Gasteiger partial charge in [0, 0.05) is 43.3 Å². The molecule has 4 rings (SSSR count). The minimum absolute atomic E-state index is 0.0962. The summed E-state index contributed by atoms with van der Waals surface area (Å²) in [5, 5.41) is 11.1. The Hall–Kier alpha value is -4.24. The molecule has 3 aromatic rings. The third-order valence-electron chi connectivity index (χ3n) is 6.36. The van der Waals surface area contributed by atoms with Crippen molar-refractivity contribution >= 4 is 15.9 Å². The number of amides is 1. The number of halogens is 7. The highest BCUT2D eigenvalue weighted by molar-refractivity contribution is 7.89. The van der Waals surface area contributed by atoms with Gasteiger partial charge in [-0.25, -0.2) is 27.8 Å². The number of hydrogen-bond donors (Lipinski definition) is 1. The van der Waals surface area contributed by atoms with Crippen LogP contribution in [0.25, 0.3) is 11.3 Å². The van der Waals surface area contributed by atoms with Crippen molar-refractivity contribution in [2.45, 2.75) is 55.4 Å². The molecule has 222 valence electrons. The van der Waals surface area contributed by atoms with Gasteiger partial charge in [-0.1, -0.05) is 0 Å². The first-order valence-corrected chi connectivity index (χ1v) is 13.2. The van der Waals surface area contributed by atoms with Gasteiger partial charge in [0.1, 0.15) is 28.9 Å². The smallest absolute Gasteiger partial charge is 0.351 e. The minimum atomic E-state index is -4.95. The van der Waals surface area contributed by atoms with E-state index in [1.165, 1.54) is 6.92 Å². The molecule has 0 aliphatic carbocycles. The number of alkyl halides is 7. The number of nitrogens with one attached hydrogen (secondary N) is 1. The molecule has 1 fully saturated rings.